The van der Waals surface area contributed by atoms with E-state index >= 15 is 0 Å². The van der Waals surface area contributed by atoms with Crippen molar-refractivity contribution < 1.29 is 43.9 Å². The van der Waals surface area contributed by atoms with Gasteiger partial charge in [0.15, 0.2) is 5.00 Å². The van der Waals surface area contributed by atoms with E-state index in [1.165, 1.54) is 6.92 Å². The average molecular weight is 583 g/mol. The normalized spacial score (nSPS) is 11.4. The highest BCUT2D eigenvalue weighted by Gasteiger charge is 2.23. The van der Waals surface area contributed by atoms with Crippen LogP contribution in [-0.2, 0) is 18.9 Å². The van der Waals surface area contributed by atoms with Crippen LogP contribution in [0.3, 0.4) is 0 Å². The van der Waals surface area contributed by atoms with Gasteiger partial charge in [0, 0.05) is 18.8 Å². The molecule has 0 aliphatic carbocycles. The third-order valence-electron chi connectivity index (χ3n) is 5.59. The zero-order valence-corrected chi connectivity index (χ0v) is 23.7. The number of carbonyl (C=O) groups is 2. The van der Waals surface area contributed by atoms with E-state index in [2.05, 4.69) is 15.1 Å². The predicted octanol–water partition coefficient (Wildman–Crippen LogP) is 2.43. The van der Waals surface area contributed by atoms with Crippen molar-refractivity contribution >= 4 is 39.6 Å². The van der Waals surface area contributed by atoms with Gasteiger partial charge in [0.2, 0.25) is 0 Å². The Labute approximate surface area is 237 Å². The molecule has 2 rings (SSSR count). The molecule has 1 heterocycles. The van der Waals surface area contributed by atoms with Crippen molar-refractivity contribution in [2.75, 3.05) is 84.1 Å². The molecule has 0 aliphatic rings. The number of hydrogen-bond donors (Lipinski definition) is 4. The summed E-state index contributed by atoms with van der Waals surface area (Å²) in [6, 6.07) is 5.60. The summed E-state index contributed by atoms with van der Waals surface area (Å²) in [5.74, 6) is -1.92. The summed E-state index contributed by atoms with van der Waals surface area (Å²) in [7, 11) is 0. The number of ether oxygens (including phenoxy) is 4. The fraction of sp³-hybridized carbons (Fsp3) is 0.538. The second-order valence-corrected chi connectivity index (χ2v) is 9.46. The molecule has 0 saturated carbocycles. The molecule has 14 heteroatoms. The van der Waals surface area contributed by atoms with E-state index in [0.717, 1.165) is 22.6 Å². The first-order chi connectivity index (χ1) is 19.3. The molecular weight excluding hydrogens is 544 g/mol. The molecule has 0 fully saturated rings. The summed E-state index contributed by atoms with van der Waals surface area (Å²) in [5.41, 5.74) is 7.81. The molecule has 0 radical (unpaired) electrons. The molecule has 0 unspecified atom stereocenters. The molecular formula is C26H38N4O9S. The van der Waals surface area contributed by atoms with Crippen LogP contribution in [0.4, 0.5) is 16.4 Å². The zero-order chi connectivity index (χ0) is 29.3. The zero-order valence-electron chi connectivity index (χ0n) is 22.8. The van der Waals surface area contributed by atoms with E-state index in [4.69, 9.17) is 34.9 Å². The van der Waals surface area contributed by atoms with Gasteiger partial charge in [-0.2, -0.15) is 0 Å². The third kappa shape index (κ3) is 10.9. The van der Waals surface area contributed by atoms with Gasteiger partial charge in [0.05, 0.1) is 76.6 Å². The number of nitrogens with zero attached hydrogens (tertiary/aromatic N) is 3. The molecule has 1 amide bonds. The lowest BCUT2D eigenvalue weighted by Gasteiger charge is -2.25. The lowest BCUT2D eigenvalue weighted by atomic mass is 10.1. The first kappa shape index (κ1) is 33.2. The minimum atomic E-state index is -1.21. The van der Waals surface area contributed by atoms with Crippen molar-refractivity contribution in [2.45, 2.75) is 13.8 Å². The number of aliphatic hydroxyl groups is 2. The van der Waals surface area contributed by atoms with Crippen molar-refractivity contribution in [3.63, 3.8) is 0 Å². The first-order valence-electron chi connectivity index (χ1n) is 12.8. The highest BCUT2D eigenvalue weighted by Crippen LogP contribution is 2.37. The van der Waals surface area contributed by atoms with Crippen LogP contribution in [-0.4, -0.2) is 106 Å². The largest absolute Gasteiger partial charge is 0.478 e. The van der Waals surface area contributed by atoms with Crippen molar-refractivity contribution in [3.8, 4) is 0 Å². The number of anilines is 1. The first-order valence-corrected chi connectivity index (χ1v) is 13.6. The number of aromatic carboxylic acids is 1. The summed E-state index contributed by atoms with van der Waals surface area (Å²) in [6.07, 6.45) is 0. The Morgan fingerprint density at radius 3 is 1.90 bits per heavy atom. The van der Waals surface area contributed by atoms with Gasteiger partial charge in [0.1, 0.15) is 5.56 Å². The second kappa shape index (κ2) is 18.4. The molecule has 0 bridgehead atoms. The number of aryl methyl sites for hydroxylation is 1. The Hall–Kier alpha value is -2.98. The molecule has 222 valence electrons. The summed E-state index contributed by atoms with van der Waals surface area (Å²) >= 11 is 0.896. The number of carboxylic acid groups (broad SMARTS) is 1. The maximum atomic E-state index is 11.7. The maximum absolute atomic E-state index is 11.7. The Morgan fingerprint density at radius 2 is 1.43 bits per heavy atom. The number of carboxylic acids is 1. The van der Waals surface area contributed by atoms with Gasteiger partial charge in [-0.05, 0) is 43.2 Å². The summed E-state index contributed by atoms with van der Waals surface area (Å²) < 4.78 is 21.7. The number of azo groups is 1. The van der Waals surface area contributed by atoms with Crippen LogP contribution in [0.25, 0.3) is 0 Å². The summed E-state index contributed by atoms with van der Waals surface area (Å²) in [4.78, 5) is 25.6. The number of rotatable bonds is 21. The fourth-order valence-corrected chi connectivity index (χ4v) is 4.57. The van der Waals surface area contributed by atoms with Gasteiger partial charge < -0.3 is 44.9 Å². The summed E-state index contributed by atoms with van der Waals surface area (Å²) in [5, 5.41) is 35.6. The number of nitrogens with two attached hydrogens (primary N) is 1. The molecule has 0 aliphatic heterocycles. The number of carbonyl (C=O) groups excluding carboxylic acids is 1. The molecule has 40 heavy (non-hydrogen) atoms. The number of aliphatic hydroxyl groups excluding tert-OH is 2. The Bertz CT molecular complexity index is 1090. The molecule has 1 aromatic heterocycles. The van der Waals surface area contributed by atoms with E-state index in [0.29, 0.717) is 58.4 Å². The van der Waals surface area contributed by atoms with Gasteiger partial charge in [-0.3, -0.25) is 4.79 Å². The lowest BCUT2D eigenvalue weighted by molar-refractivity contribution is 0.0316. The van der Waals surface area contributed by atoms with E-state index in [1.807, 2.05) is 19.1 Å². The SMILES string of the molecule is Cc1cc(N(CCOCCOCCO)CCOCCOCCO)ccc1N=Nc1sc(C(N)=O)c(C)c1C(=O)O. The van der Waals surface area contributed by atoms with Crippen LogP contribution in [0.2, 0.25) is 0 Å². The van der Waals surface area contributed by atoms with Gasteiger partial charge in [-0.1, -0.05) is 0 Å². The average Bonchev–Trinajstić information content (AvgIpc) is 3.26. The predicted molar refractivity (Wildman–Crippen MR) is 150 cm³/mol. The van der Waals surface area contributed by atoms with E-state index in [9.17, 15) is 14.7 Å². The van der Waals surface area contributed by atoms with Crippen LogP contribution in [0.5, 0.6) is 0 Å². The molecule has 0 saturated heterocycles. The number of hydrogen-bond acceptors (Lipinski definition) is 12. The van der Waals surface area contributed by atoms with Gasteiger partial charge in [-0.15, -0.1) is 21.6 Å². The Kier molecular flexibility index (Phi) is 15.3. The van der Waals surface area contributed by atoms with Gasteiger partial charge in [0.25, 0.3) is 5.91 Å². The van der Waals surface area contributed by atoms with Gasteiger partial charge in [-0.25, -0.2) is 4.79 Å². The number of amides is 1. The smallest absolute Gasteiger partial charge is 0.339 e. The topological polar surface area (TPSA) is 186 Å². The van der Waals surface area contributed by atoms with Crippen LogP contribution in [0, 0.1) is 13.8 Å². The molecule has 2 aromatic rings. The van der Waals surface area contributed by atoms with Crippen molar-refractivity contribution in [1.82, 2.24) is 0 Å². The minimum absolute atomic E-state index is 0.0319. The van der Waals surface area contributed by atoms with E-state index in [1.54, 1.807) is 6.07 Å². The van der Waals surface area contributed by atoms with Crippen LogP contribution in [0.15, 0.2) is 28.4 Å². The highest BCUT2D eigenvalue weighted by atomic mass is 32.1. The van der Waals surface area contributed by atoms with Crippen molar-refractivity contribution in [3.05, 3.63) is 39.8 Å². The van der Waals surface area contributed by atoms with Crippen LogP contribution < -0.4 is 10.6 Å². The lowest BCUT2D eigenvalue weighted by Crippen LogP contribution is -2.31. The van der Waals surface area contributed by atoms with Crippen LogP contribution in [0.1, 0.15) is 31.2 Å². The molecule has 1 aromatic carbocycles. The summed E-state index contributed by atoms with van der Waals surface area (Å²) in [6.45, 7) is 7.52. The number of thiophene rings is 1. The highest BCUT2D eigenvalue weighted by molar-refractivity contribution is 7.18. The number of benzene rings is 1. The van der Waals surface area contributed by atoms with E-state index < -0.39 is 11.9 Å². The monoisotopic (exact) mass is 582 g/mol. The minimum Gasteiger partial charge on any atom is -0.478 e. The third-order valence-corrected chi connectivity index (χ3v) is 6.78. The molecule has 13 nitrogen and oxygen atoms in total. The molecule has 0 spiro atoms. The second-order valence-electron chi connectivity index (χ2n) is 8.46. The van der Waals surface area contributed by atoms with Gasteiger partial charge >= 0.3 is 5.97 Å². The van der Waals surface area contributed by atoms with Crippen LogP contribution >= 0.6 is 11.3 Å². The maximum Gasteiger partial charge on any atom is 0.339 e. The molecule has 0 atom stereocenters. The van der Waals surface area contributed by atoms with Crippen molar-refractivity contribution in [1.29, 1.82) is 0 Å². The standard InChI is InChI=1S/C26H38N4O9S/c1-18-17-20(3-4-21(18)28-29-25-22(26(34)35)19(2)23(40-25)24(27)33)30(5-9-36-13-15-38-11-7-31)6-10-37-14-16-39-12-8-32/h3-4,17,31-32H,5-16H2,1-2H3,(H2,27,33)(H,34,35). The Balaban J connectivity index is 2.10. The quantitative estimate of drug-likeness (QED) is 0.126. The molecule has 5 N–H and O–H groups in total. The van der Waals surface area contributed by atoms with Crippen molar-refractivity contribution in [2.24, 2.45) is 16.0 Å². The van der Waals surface area contributed by atoms with E-state index in [-0.39, 0.29) is 47.4 Å². The fourth-order valence-electron chi connectivity index (χ4n) is 3.60. The number of primary amides is 1. The Morgan fingerprint density at radius 1 is 0.875 bits per heavy atom.